The van der Waals surface area contributed by atoms with Gasteiger partial charge in [0.15, 0.2) is 0 Å². The van der Waals surface area contributed by atoms with Gasteiger partial charge in [0.1, 0.15) is 12.2 Å². The Balaban J connectivity index is 1.12. The van der Waals surface area contributed by atoms with Gasteiger partial charge in [-0.2, -0.15) is 0 Å². The van der Waals surface area contributed by atoms with Crippen molar-refractivity contribution < 1.29 is 19.1 Å². The van der Waals surface area contributed by atoms with Crippen molar-refractivity contribution in [1.29, 1.82) is 0 Å². The number of anilines is 1. The van der Waals surface area contributed by atoms with Crippen LogP contribution >= 0.6 is 0 Å². The number of nitrogens with zero attached hydrogens (tertiary/aromatic N) is 4. The number of carbonyl (C=O) groups excluding carboxylic acids is 2. The Labute approximate surface area is 226 Å². The first-order valence-electron chi connectivity index (χ1n) is 13.8. The van der Waals surface area contributed by atoms with Gasteiger partial charge in [0.2, 0.25) is 0 Å². The van der Waals surface area contributed by atoms with Crippen LogP contribution in [-0.4, -0.2) is 83.8 Å². The van der Waals surface area contributed by atoms with Gasteiger partial charge < -0.3 is 24.2 Å². The quantitative estimate of drug-likeness (QED) is 0.568. The summed E-state index contributed by atoms with van der Waals surface area (Å²) in [4.78, 5) is 33.8. The third-order valence-electron chi connectivity index (χ3n) is 7.58. The number of fused-ring (bicyclic) bond motifs is 2. The number of rotatable bonds is 5. The SMILES string of the molecule is CC(C)(C)OC(=O)N1CC2CCC(C1)N2c1cccc(CN2CCN(C(=O)OCc3ccccc3)CC2)c1. The van der Waals surface area contributed by atoms with Crippen LogP contribution in [0.3, 0.4) is 0 Å². The molecule has 5 rings (SSSR count). The molecule has 204 valence electrons. The highest BCUT2D eigenvalue weighted by Gasteiger charge is 2.42. The van der Waals surface area contributed by atoms with Gasteiger partial charge in [0, 0.05) is 63.6 Å². The zero-order valence-electron chi connectivity index (χ0n) is 22.8. The van der Waals surface area contributed by atoms with Crippen LogP contribution in [0.4, 0.5) is 15.3 Å². The molecule has 3 heterocycles. The van der Waals surface area contributed by atoms with E-state index >= 15 is 0 Å². The van der Waals surface area contributed by atoms with Gasteiger partial charge in [-0.05, 0) is 56.9 Å². The van der Waals surface area contributed by atoms with Crippen LogP contribution in [0.5, 0.6) is 0 Å². The second kappa shape index (κ2) is 11.2. The first-order chi connectivity index (χ1) is 18.2. The molecule has 0 radical (unpaired) electrons. The van der Waals surface area contributed by atoms with Crippen LogP contribution in [-0.2, 0) is 22.6 Å². The first kappa shape index (κ1) is 26.4. The fourth-order valence-electron chi connectivity index (χ4n) is 5.77. The third kappa shape index (κ3) is 6.41. The Morgan fingerprint density at radius 2 is 1.47 bits per heavy atom. The molecular weight excluding hydrogens is 480 g/mol. The lowest BCUT2D eigenvalue weighted by atomic mass is 10.1. The predicted molar refractivity (Wildman–Crippen MR) is 147 cm³/mol. The number of hydrogen-bond donors (Lipinski definition) is 0. The summed E-state index contributed by atoms with van der Waals surface area (Å²) in [6.07, 6.45) is 1.75. The molecule has 0 spiro atoms. The van der Waals surface area contributed by atoms with E-state index in [9.17, 15) is 9.59 Å². The van der Waals surface area contributed by atoms with E-state index in [-0.39, 0.29) is 12.2 Å². The minimum absolute atomic E-state index is 0.203. The molecule has 2 aromatic carbocycles. The van der Waals surface area contributed by atoms with E-state index in [1.165, 1.54) is 11.3 Å². The minimum atomic E-state index is -0.477. The Morgan fingerprint density at radius 1 is 0.816 bits per heavy atom. The summed E-state index contributed by atoms with van der Waals surface area (Å²) in [5, 5.41) is 0. The van der Waals surface area contributed by atoms with Crippen molar-refractivity contribution in [2.45, 2.75) is 64.4 Å². The van der Waals surface area contributed by atoms with Crippen molar-refractivity contribution >= 4 is 17.9 Å². The van der Waals surface area contributed by atoms with Crippen molar-refractivity contribution in [3.05, 3.63) is 65.7 Å². The van der Waals surface area contributed by atoms with Gasteiger partial charge in [-0.15, -0.1) is 0 Å². The summed E-state index contributed by atoms with van der Waals surface area (Å²) in [6, 6.07) is 19.2. The Bertz CT molecular complexity index is 1100. The number of carbonyl (C=O) groups is 2. The van der Waals surface area contributed by atoms with Crippen LogP contribution in [0.25, 0.3) is 0 Å². The van der Waals surface area contributed by atoms with E-state index in [2.05, 4.69) is 34.1 Å². The average Bonchev–Trinajstić information content (AvgIpc) is 3.16. The molecule has 0 aromatic heterocycles. The summed E-state index contributed by atoms with van der Waals surface area (Å²) in [7, 11) is 0. The van der Waals surface area contributed by atoms with E-state index in [0.29, 0.717) is 44.9 Å². The predicted octanol–water partition coefficient (Wildman–Crippen LogP) is 4.73. The summed E-state index contributed by atoms with van der Waals surface area (Å²) in [5.74, 6) is 0. The zero-order valence-corrected chi connectivity index (χ0v) is 22.8. The largest absolute Gasteiger partial charge is 0.445 e. The van der Waals surface area contributed by atoms with Crippen molar-refractivity contribution in [3.8, 4) is 0 Å². The summed E-state index contributed by atoms with van der Waals surface area (Å²) < 4.78 is 11.1. The van der Waals surface area contributed by atoms with Crippen LogP contribution in [0.15, 0.2) is 54.6 Å². The molecule has 2 amide bonds. The monoisotopic (exact) mass is 520 g/mol. The van der Waals surface area contributed by atoms with E-state index in [1.807, 2.05) is 56.0 Å². The van der Waals surface area contributed by atoms with E-state index in [4.69, 9.17) is 9.47 Å². The van der Waals surface area contributed by atoms with Crippen LogP contribution in [0.1, 0.15) is 44.7 Å². The Kier molecular flexibility index (Phi) is 7.79. The molecular formula is C30H40N4O4. The number of benzene rings is 2. The van der Waals surface area contributed by atoms with Gasteiger partial charge in [-0.3, -0.25) is 4.90 Å². The van der Waals surface area contributed by atoms with Gasteiger partial charge in [0.05, 0.1) is 0 Å². The highest BCUT2D eigenvalue weighted by atomic mass is 16.6. The lowest BCUT2D eigenvalue weighted by Gasteiger charge is -2.42. The molecule has 3 saturated heterocycles. The van der Waals surface area contributed by atoms with Crippen LogP contribution in [0, 0.1) is 0 Å². The van der Waals surface area contributed by atoms with Crippen molar-refractivity contribution in [1.82, 2.24) is 14.7 Å². The molecule has 0 saturated carbocycles. The highest BCUT2D eigenvalue weighted by molar-refractivity contribution is 5.69. The average molecular weight is 521 g/mol. The molecule has 2 atom stereocenters. The molecule has 8 nitrogen and oxygen atoms in total. The number of ether oxygens (including phenoxy) is 2. The zero-order chi connectivity index (χ0) is 26.7. The lowest BCUT2D eigenvalue weighted by Crippen LogP contribution is -2.56. The Morgan fingerprint density at radius 3 is 2.13 bits per heavy atom. The molecule has 2 bridgehead atoms. The molecule has 3 aliphatic heterocycles. The number of amides is 2. The molecule has 2 unspecified atom stereocenters. The fourth-order valence-corrected chi connectivity index (χ4v) is 5.77. The maximum atomic E-state index is 12.7. The smallest absolute Gasteiger partial charge is 0.410 e. The minimum Gasteiger partial charge on any atom is -0.445 e. The maximum Gasteiger partial charge on any atom is 0.410 e. The molecule has 3 aliphatic rings. The summed E-state index contributed by atoms with van der Waals surface area (Å²) in [5.41, 5.74) is 3.04. The third-order valence-corrected chi connectivity index (χ3v) is 7.58. The van der Waals surface area contributed by atoms with E-state index in [0.717, 1.165) is 38.0 Å². The molecule has 38 heavy (non-hydrogen) atoms. The van der Waals surface area contributed by atoms with Gasteiger partial charge >= 0.3 is 12.2 Å². The normalized spacial score (nSPS) is 21.9. The van der Waals surface area contributed by atoms with Crippen LogP contribution < -0.4 is 4.90 Å². The van der Waals surface area contributed by atoms with Crippen molar-refractivity contribution in [2.75, 3.05) is 44.2 Å². The lowest BCUT2D eigenvalue weighted by molar-refractivity contribution is 0.0209. The summed E-state index contributed by atoms with van der Waals surface area (Å²) in [6.45, 7) is 11.3. The Hall–Kier alpha value is -3.26. The number of likely N-dealkylation sites (tertiary alicyclic amines) is 1. The fraction of sp³-hybridized carbons (Fsp3) is 0.533. The van der Waals surface area contributed by atoms with Gasteiger partial charge in [-0.25, -0.2) is 9.59 Å². The number of hydrogen-bond acceptors (Lipinski definition) is 6. The number of piperazine rings is 2. The van der Waals surface area contributed by atoms with Gasteiger partial charge in [-0.1, -0.05) is 42.5 Å². The maximum absolute atomic E-state index is 12.7. The van der Waals surface area contributed by atoms with Crippen molar-refractivity contribution in [3.63, 3.8) is 0 Å². The molecule has 0 N–H and O–H groups in total. The summed E-state index contributed by atoms with van der Waals surface area (Å²) >= 11 is 0. The topological polar surface area (TPSA) is 65.6 Å². The molecule has 2 aromatic rings. The van der Waals surface area contributed by atoms with E-state index < -0.39 is 5.60 Å². The second-order valence-corrected chi connectivity index (χ2v) is 11.7. The molecule has 8 heteroatoms. The van der Waals surface area contributed by atoms with Gasteiger partial charge in [0.25, 0.3) is 0 Å². The van der Waals surface area contributed by atoms with E-state index in [1.54, 1.807) is 4.90 Å². The van der Waals surface area contributed by atoms with Crippen molar-refractivity contribution in [2.24, 2.45) is 0 Å². The highest BCUT2D eigenvalue weighted by Crippen LogP contribution is 2.36. The molecule has 0 aliphatic carbocycles. The first-order valence-corrected chi connectivity index (χ1v) is 13.8. The van der Waals surface area contributed by atoms with Crippen LogP contribution in [0.2, 0.25) is 0 Å². The standard InChI is InChI=1S/C30H40N4O4/c1-30(2,3)38-29(36)33-20-26-12-13-27(21-33)34(26)25-11-7-10-24(18-25)19-31-14-16-32(17-15-31)28(35)37-22-23-8-5-4-6-9-23/h4-11,18,26-27H,12-17,19-22H2,1-3H3. The molecule has 3 fully saturated rings. The second-order valence-electron chi connectivity index (χ2n) is 11.7.